The van der Waals surface area contributed by atoms with Crippen LogP contribution in [0.1, 0.15) is 121 Å². The van der Waals surface area contributed by atoms with Crippen molar-refractivity contribution in [2.45, 2.75) is 169 Å². The van der Waals surface area contributed by atoms with Crippen molar-refractivity contribution in [3.05, 3.63) is 176 Å². The predicted octanol–water partition coefficient (Wildman–Crippen LogP) is 4.09. The number of fused-ring (bicyclic) bond motifs is 15. The van der Waals surface area contributed by atoms with Crippen molar-refractivity contribution < 1.29 is 141 Å². The van der Waals surface area contributed by atoms with Gasteiger partial charge in [0.1, 0.15) is 95.2 Å². The molecule has 0 aromatic heterocycles. The fourth-order valence-electron chi connectivity index (χ4n) is 14.7. The number of nitrogens with one attached hydrogen (secondary N) is 9. The van der Waals surface area contributed by atoms with Gasteiger partial charge in [0, 0.05) is 52.5 Å². The maximum atomic E-state index is 16.2. The van der Waals surface area contributed by atoms with Gasteiger partial charge in [-0.1, -0.05) is 67.4 Å². The third-order valence-electron chi connectivity index (χ3n) is 21.0. The minimum absolute atomic E-state index is 0.0117. The zero-order chi connectivity index (χ0) is 88.4. The summed E-state index contributed by atoms with van der Waals surface area (Å²) in [4.78, 5) is 131. The van der Waals surface area contributed by atoms with Crippen molar-refractivity contribution in [2.75, 3.05) is 19.0 Å². The summed E-state index contributed by atoms with van der Waals surface area (Å²) in [5.41, 5.74) is 2.04. The monoisotopic (exact) mass is 1740 g/mol. The standard InChI is InChI=1S/C81H85Cl2F3N10O26/c1-32(2)19-47(88-5)72(108)95-62-64(102)37-12-17-51(45(82)22-37)117-53-24-39-25-54(68(53)121-79-69(67(105)66(104)55(31-97)119-79)120-57-29-80(4,70(106)33(3)116-57)89-30-34-7-6-8-40(20-34)90-71(107)35-9-14-42(15-10-35)122-81(84,85)86)118-52-18-13-38(23-46(52)83)65(103)63-77(113)94-61(78(114)115)44-26-41(98)27-50(100)58(44)43-21-36(11-16-49(43)99)59(74(110)96-63)93-75(111)60(39)92-73(109)48(28-56(87)101)91-76(62)112/h6-18,20-27,32-33,47-48,55,57,59-67,69-70,79,88-89,97-100,102-106H,19,28-31H2,1-5H3,(H2,87,101)(H,90,107)(H,91,112)(H,92,109)(H,93,111)(H,94,113)(H,95,108)(H,96,110)(H,114,115)/t33-,47+,48?,55+,57?,59?,60?,61?,62?,63-,64?,65+,66?,67-,69?,70+,79?,80?/m0/s1. The second-order valence-electron chi connectivity index (χ2n) is 30.2. The van der Waals surface area contributed by atoms with E-state index in [1.54, 1.807) is 45.0 Å². The number of likely N-dealkylation sites (N-methyl/N-ethyl adjacent to an activating group) is 1. The van der Waals surface area contributed by atoms with Gasteiger partial charge in [0.25, 0.3) is 5.91 Å². The summed E-state index contributed by atoms with van der Waals surface area (Å²) in [5.74, 6) is -17.9. The molecule has 11 unspecified atom stereocenters. The molecular weight excluding hydrogens is 1660 g/mol. The van der Waals surface area contributed by atoms with E-state index in [4.69, 9.17) is 57.4 Å². The van der Waals surface area contributed by atoms with Gasteiger partial charge >= 0.3 is 12.3 Å². The number of nitrogens with two attached hydrogens (primary N) is 1. The van der Waals surface area contributed by atoms with Crippen molar-refractivity contribution in [3.63, 3.8) is 0 Å². The Bertz CT molecular complexity index is 5190. The SMILES string of the molecule is CN[C@H](CC(C)C)C(=O)NC1C(=O)NC(CC(N)=O)C(=O)NC2C(=O)NC3C(=O)N[C@H](C(=O)NC(C(=O)O)c4cc(O)cc(O)c4-c4cc3ccc4O)[C@H](O)c3ccc(c(Cl)c3)Oc3cc2cc(c3OC2O[C@H](CO)C(O)[C@H](O)C2OC2CC(C)(NCc3cccc(NC(=O)c4ccc(OC(F)(F)F)cc4)c3)[C@H](O)[C@H](C)O2)Oc2ccc(cc2Cl)C1O. The number of carbonyl (C=O) groups excluding carboxylic acids is 8. The number of amides is 8. The highest BCUT2D eigenvalue weighted by Gasteiger charge is 2.52. The van der Waals surface area contributed by atoms with Gasteiger partial charge in [-0.05, 0) is 152 Å². The Morgan fingerprint density at radius 2 is 1.33 bits per heavy atom. The number of aliphatic hydroxyl groups is 6. The van der Waals surface area contributed by atoms with Crippen LogP contribution in [0.5, 0.6) is 51.7 Å². The van der Waals surface area contributed by atoms with E-state index in [1.807, 2.05) is 0 Å². The molecule has 8 amide bonds. The number of ether oxygens (including phenoxy) is 7. The predicted molar refractivity (Wildman–Crippen MR) is 419 cm³/mol. The van der Waals surface area contributed by atoms with Crippen molar-refractivity contribution in [1.82, 2.24) is 42.5 Å². The number of hydrogen-bond donors (Lipinski definition) is 20. The molecule has 7 aromatic carbocycles. The summed E-state index contributed by atoms with van der Waals surface area (Å²) >= 11 is 14.3. The lowest BCUT2D eigenvalue weighted by Crippen LogP contribution is -2.65. The number of carboxylic acids is 1. The molecule has 0 saturated carbocycles. The minimum atomic E-state index is -4.97. The minimum Gasteiger partial charge on any atom is -0.508 e. The molecule has 18 atom stereocenters. The quantitative estimate of drug-likeness (QED) is 0.0542. The van der Waals surface area contributed by atoms with Gasteiger partial charge in [-0.3, -0.25) is 38.4 Å². The van der Waals surface area contributed by atoms with Gasteiger partial charge in [-0.25, -0.2) is 4.79 Å². The molecule has 11 bridgehead atoms. The third-order valence-corrected chi connectivity index (χ3v) is 21.6. The van der Waals surface area contributed by atoms with E-state index in [2.05, 4.69) is 52.6 Å². The molecule has 7 heterocycles. The first-order chi connectivity index (χ1) is 57.7. The van der Waals surface area contributed by atoms with Gasteiger partial charge in [0.05, 0.1) is 41.3 Å². The van der Waals surface area contributed by atoms with Gasteiger partial charge in [-0.15, -0.1) is 13.2 Å². The fourth-order valence-corrected chi connectivity index (χ4v) is 15.2. The van der Waals surface area contributed by atoms with Gasteiger partial charge in [0.15, 0.2) is 29.9 Å². The summed E-state index contributed by atoms with van der Waals surface area (Å²) in [7, 11) is 1.46. The van der Waals surface area contributed by atoms with Crippen LogP contribution < -0.4 is 72.5 Å². The van der Waals surface area contributed by atoms with Crippen LogP contribution in [0.3, 0.4) is 0 Å². The number of anilines is 1. The smallest absolute Gasteiger partial charge is 0.508 e. The van der Waals surface area contributed by atoms with E-state index in [0.717, 1.165) is 97.1 Å². The molecule has 0 aliphatic carbocycles. The summed E-state index contributed by atoms with van der Waals surface area (Å²) in [6.07, 6.45) is -24.7. The topological polar surface area (TPSA) is 555 Å². The van der Waals surface area contributed by atoms with Gasteiger partial charge < -0.3 is 138 Å². The number of halogens is 5. The first-order valence-corrected chi connectivity index (χ1v) is 38.6. The van der Waals surface area contributed by atoms with E-state index >= 15 is 14.4 Å². The highest BCUT2D eigenvalue weighted by Crippen LogP contribution is 2.50. The average molecular weight is 1740 g/mol. The van der Waals surface area contributed by atoms with Crippen LogP contribution in [0.4, 0.5) is 18.9 Å². The summed E-state index contributed by atoms with van der Waals surface area (Å²) in [6, 6.07) is 9.27. The first-order valence-electron chi connectivity index (χ1n) is 37.9. The molecule has 41 heteroatoms. The normalized spacial score (nSPS) is 26.4. The zero-order valence-corrected chi connectivity index (χ0v) is 66.5. The highest BCUT2D eigenvalue weighted by molar-refractivity contribution is 6.32. The third kappa shape index (κ3) is 20.1. The first kappa shape index (κ1) is 89.6. The van der Waals surface area contributed by atoms with Crippen molar-refractivity contribution >= 4 is 82.1 Å². The van der Waals surface area contributed by atoms with Crippen LogP contribution in [-0.4, -0.2) is 203 Å². The van der Waals surface area contributed by atoms with E-state index < -0.39 is 271 Å². The summed E-state index contributed by atoms with van der Waals surface area (Å²) < 4.78 is 81.8. The molecule has 14 rings (SSSR count). The second-order valence-corrected chi connectivity index (χ2v) is 31.0. The molecule has 2 fully saturated rings. The average Bonchev–Trinajstić information content (AvgIpc) is 0.768. The Hall–Kier alpha value is -11.7. The lowest BCUT2D eigenvalue weighted by atomic mass is 9.84. The van der Waals surface area contributed by atoms with E-state index in [0.29, 0.717) is 5.56 Å². The molecular formula is C81H85Cl2F3N10O26. The summed E-state index contributed by atoms with van der Waals surface area (Å²) in [5, 5.41) is 139. The van der Waals surface area contributed by atoms with Crippen LogP contribution >= 0.6 is 23.2 Å². The number of aliphatic hydroxyl groups excluding tert-OH is 6. The number of hydrogen-bond acceptors (Lipinski definition) is 27. The molecule has 650 valence electrons. The molecule has 7 aliphatic heterocycles. The van der Waals surface area contributed by atoms with Crippen LogP contribution in [0.2, 0.25) is 10.0 Å². The molecule has 7 aromatic rings. The Kier molecular flexibility index (Phi) is 27.1. The lowest BCUT2D eigenvalue weighted by molar-refractivity contribution is -0.334. The number of rotatable bonds is 19. The number of phenolic OH excluding ortho intramolecular Hbond substituents is 3. The molecule has 2 saturated heterocycles. The summed E-state index contributed by atoms with van der Waals surface area (Å²) in [6.45, 7) is 5.61. The zero-order valence-electron chi connectivity index (χ0n) is 65.0. The van der Waals surface area contributed by atoms with Gasteiger partial charge in [0.2, 0.25) is 53.4 Å². The molecule has 36 nitrogen and oxygen atoms in total. The number of primary amides is 1. The molecule has 122 heavy (non-hydrogen) atoms. The van der Waals surface area contributed by atoms with E-state index in [-0.39, 0.29) is 47.7 Å². The maximum Gasteiger partial charge on any atom is 0.573 e. The van der Waals surface area contributed by atoms with Crippen molar-refractivity contribution in [3.8, 4) is 62.9 Å². The number of benzene rings is 7. The Morgan fingerprint density at radius 3 is 1.94 bits per heavy atom. The number of alkyl halides is 3. The molecule has 0 spiro atoms. The largest absolute Gasteiger partial charge is 0.573 e. The fraction of sp³-hybridized carbons (Fsp3) is 0.370. The van der Waals surface area contributed by atoms with E-state index in [1.165, 1.54) is 20.0 Å². The van der Waals surface area contributed by atoms with Crippen LogP contribution in [0, 0.1) is 5.92 Å². The Morgan fingerprint density at radius 1 is 0.697 bits per heavy atom. The number of aromatic hydroxyl groups is 3. The van der Waals surface area contributed by atoms with Crippen LogP contribution in [-0.2, 0) is 59.1 Å². The number of aliphatic carboxylic acids is 1. The second kappa shape index (κ2) is 36.9. The highest BCUT2D eigenvalue weighted by atomic mass is 35.5. The van der Waals surface area contributed by atoms with Crippen LogP contribution in [0.15, 0.2) is 127 Å². The van der Waals surface area contributed by atoms with Gasteiger partial charge in [-0.2, -0.15) is 0 Å². The molecule has 7 aliphatic rings. The van der Waals surface area contributed by atoms with E-state index in [9.17, 15) is 93.0 Å². The Labute approximate surface area is 701 Å². The molecule has 0 radical (unpaired) electrons. The van der Waals surface area contributed by atoms with Crippen LogP contribution in [0.25, 0.3) is 11.1 Å². The number of carboxylic acid groups (broad SMARTS) is 1. The van der Waals surface area contributed by atoms with Crippen molar-refractivity contribution in [1.29, 1.82) is 0 Å². The van der Waals surface area contributed by atoms with Crippen molar-refractivity contribution in [2.24, 2.45) is 11.7 Å². The maximum absolute atomic E-state index is 16.2. The lowest BCUT2D eigenvalue weighted by Gasteiger charge is -2.48. The Balaban J connectivity index is 1.00. The molecule has 21 N–H and O–H groups in total. The number of carbonyl (C=O) groups is 9. The number of phenols is 3.